The van der Waals surface area contributed by atoms with Crippen LogP contribution in [0.3, 0.4) is 0 Å². The highest BCUT2D eigenvalue weighted by Gasteiger charge is 2.43. The van der Waals surface area contributed by atoms with Gasteiger partial charge in [0.15, 0.2) is 0 Å². The van der Waals surface area contributed by atoms with Gasteiger partial charge >= 0.3 is 5.97 Å². The number of carbonyl (C=O) groups excluding carboxylic acids is 1. The second-order valence-corrected chi connectivity index (χ2v) is 6.54. The molecule has 0 bridgehead atoms. The second kappa shape index (κ2) is 7.88. The molecule has 0 fully saturated rings. The molecule has 1 N–H and O–H groups in total. The highest BCUT2D eigenvalue weighted by atomic mass is 35.5. The number of hydrogen-bond acceptors (Lipinski definition) is 4. The number of aliphatic carboxylic acids is 1. The Balaban J connectivity index is 2.04. The molecular weight excluding hydrogens is 370 g/mol. The number of carbonyl (C=O) groups is 2. The number of benzene rings is 2. The van der Waals surface area contributed by atoms with E-state index in [4.69, 9.17) is 21.1 Å². The van der Waals surface area contributed by atoms with Crippen molar-refractivity contribution in [1.29, 1.82) is 0 Å². The quantitative estimate of drug-likeness (QED) is 0.768. The number of nitrogens with zero attached hydrogens (tertiary/aromatic N) is 1. The lowest BCUT2D eigenvalue weighted by Crippen LogP contribution is -2.50. The van der Waals surface area contributed by atoms with Crippen molar-refractivity contribution in [3.05, 3.63) is 59.2 Å². The van der Waals surface area contributed by atoms with E-state index in [9.17, 15) is 14.7 Å². The second-order valence-electron chi connectivity index (χ2n) is 6.24. The lowest BCUT2D eigenvalue weighted by molar-refractivity contribution is -0.140. The third-order valence-corrected chi connectivity index (χ3v) is 5.15. The molecule has 0 aliphatic carbocycles. The zero-order valence-corrected chi connectivity index (χ0v) is 15.8. The summed E-state index contributed by atoms with van der Waals surface area (Å²) in [5.74, 6) is -0.945. The number of methoxy groups -OCH3 is 2. The highest BCUT2D eigenvalue weighted by molar-refractivity contribution is 6.19. The van der Waals surface area contributed by atoms with Crippen LogP contribution >= 0.6 is 11.6 Å². The minimum absolute atomic E-state index is 0.00944. The zero-order chi connectivity index (χ0) is 19.6. The fourth-order valence-electron chi connectivity index (χ4n) is 3.48. The van der Waals surface area contributed by atoms with E-state index in [2.05, 4.69) is 0 Å². The number of hydrogen-bond donors (Lipinski definition) is 1. The average Bonchev–Trinajstić information content (AvgIpc) is 2.69. The van der Waals surface area contributed by atoms with E-state index >= 15 is 0 Å². The Kier molecular flexibility index (Phi) is 5.56. The predicted molar refractivity (Wildman–Crippen MR) is 101 cm³/mol. The monoisotopic (exact) mass is 389 g/mol. The topological polar surface area (TPSA) is 76.1 Å². The fourth-order valence-corrected chi connectivity index (χ4v) is 3.83. The standard InChI is InChI=1S/C20H20ClNO5/c1-26-13-8-7-12(17(9-13)27-2)11-22-16(10-21)18(20(24)25)14-5-3-4-6-15(14)19(22)23/h3-9,16,18H,10-11H2,1-2H3,(H,24,25). The van der Waals surface area contributed by atoms with Crippen LogP contribution < -0.4 is 9.47 Å². The third-order valence-electron chi connectivity index (χ3n) is 4.83. The number of rotatable bonds is 6. The summed E-state index contributed by atoms with van der Waals surface area (Å²) in [6, 6.07) is 11.4. The van der Waals surface area contributed by atoms with Crippen molar-refractivity contribution in [3.8, 4) is 11.5 Å². The van der Waals surface area contributed by atoms with Crippen molar-refractivity contribution in [1.82, 2.24) is 4.90 Å². The van der Waals surface area contributed by atoms with Crippen LogP contribution in [0.15, 0.2) is 42.5 Å². The van der Waals surface area contributed by atoms with Gasteiger partial charge in [-0.15, -0.1) is 11.6 Å². The van der Waals surface area contributed by atoms with Crippen molar-refractivity contribution in [3.63, 3.8) is 0 Å². The maximum absolute atomic E-state index is 13.1. The molecule has 2 unspecified atom stereocenters. The van der Waals surface area contributed by atoms with Gasteiger partial charge in [0.2, 0.25) is 0 Å². The summed E-state index contributed by atoms with van der Waals surface area (Å²) in [4.78, 5) is 26.6. The maximum Gasteiger partial charge on any atom is 0.313 e. The molecule has 6 nitrogen and oxygen atoms in total. The Hall–Kier alpha value is -2.73. The van der Waals surface area contributed by atoms with Gasteiger partial charge in [-0.05, 0) is 23.8 Å². The van der Waals surface area contributed by atoms with E-state index in [-0.39, 0.29) is 18.3 Å². The first-order valence-corrected chi connectivity index (χ1v) is 8.94. The largest absolute Gasteiger partial charge is 0.497 e. The van der Waals surface area contributed by atoms with E-state index in [1.54, 1.807) is 49.6 Å². The van der Waals surface area contributed by atoms with Gasteiger partial charge in [-0.1, -0.05) is 18.2 Å². The van der Waals surface area contributed by atoms with Crippen molar-refractivity contribution in [2.24, 2.45) is 0 Å². The van der Waals surface area contributed by atoms with E-state index in [0.717, 1.165) is 5.56 Å². The normalized spacial score (nSPS) is 18.8. The number of halogens is 1. The van der Waals surface area contributed by atoms with Crippen LogP contribution in [-0.2, 0) is 11.3 Å². The first kappa shape index (κ1) is 19.0. The Bertz CT molecular complexity index is 869. The first-order valence-electron chi connectivity index (χ1n) is 8.41. The van der Waals surface area contributed by atoms with Gasteiger partial charge in [-0.2, -0.15) is 0 Å². The minimum atomic E-state index is -1.01. The molecule has 1 aliphatic rings. The Labute approximate surface area is 162 Å². The number of alkyl halides is 1. The molecule has 142 valence electrons. The Morgan fingerprint density at radius 1 is 1.19 bits per heavy atom. The molecule has 3 rings (SSSR count). The van der Waals surface area contributed by atoms with Crippen LogP contribution in [0.25, 0.3) is 0 Å². The summed E-state index contributed by atoms with van der Waals surface area (Å²) in [5.41, 5.74) is 1.63. The summed E-state index contributed by atoms with van der Waals surface area (Å²) in [7, 11) is 3.09. The molecule has 0 saturated carbocycles. The number of carboxylic acid groups (broad SMARTS) is 1. The molecule has 2 atom stereocenters. The molecule has 1 aliphatic heterocycles. The summed E-state index contributed by atoms with van der Waals surface area (Å²) >= 11 is 6.12. The average molecular weight is 390 g/mol. The smallest absolute Gasteiger partial charge is 0.313 e. The van der Waals surface area contributed by atoms with Gasteiger partial charge in [0.1, 0.15) is 17.4 Å². The van der Waals surface area contributed by atoms with Gasteiger partial charge in [0.05, 0.1) is 26.8 Å². The van der Waals surface area contributed by atoms with Crippen LogP contribution in [-0.4, -0.2) is 48.0 Å². The lowest BCUT2D eigenvalue weighted by Gasteiger charge is -2.39. The first-order chi connectivity index (χ1) is 13.0. The number of amides is 1. The van der Waals surface area contributed by atoms with Crippen LogP contribution in [0.4, 0.5) is 0 Å². The van der Waals surface area contributed by atoms with Crippen molar-refractivity contribution >= 4 is 23.5 Å². The summed E-state index contributed by atoms with van der Waals surface area (Å²) in [6.07, 6.45) is 0. The van der Waals surface area contributed by atoms with Crippen LogP contribution in [0, 0.1) is 0 Å². The van der Waals surface area contributed by atoms with Gasteiger partial charge in [-0.3, -0.25) is 9.59 Å². The summed E-state index contributed by atoms with van der Waals surface area (Å²) < 4.78 is 10.6. The number of ether oxygens (including phenoxy) is 2. The molecule has 2 aromatic rings. The van der Waals surface area contributed by atoms with E-state index < -0.39 is 17.9 Å². The molecule has 27 heavy (non-hydrogen) atoms. The summed E-state index contributed by atoms with van der Waals surface area (Å²) in [6.45, 7) is 0.182. The Morgan fingerprint density at radius 3 is 2.56 bits per heavy atom. The summed E-state index contributed by atoms with van der Waals surface area (Å²) in [5, 5.41) is 9.79. The van der Waals surface area contributed by atoms with E-state index in [0.29, 0.717) is 22.6 Å². The highest BCUT2D eigenvalue weighted by Crippen LogP contribution is 2.36. The van der Waals surface area contributed by atoms with Gasteiger partial charge < -0.3 is 19.5 Å². The van der Waals surface area contributed by atoms with Crippen molar-refractivity contribution in [2.75, 3.05) is 20.1 Å². The lowest BCUT2D eigenvalue weighted by atomic mass is 9.83. The van der Waals surface area contributed by atoms with Crippen LogP contribution in [0.2, 0.25) is 0 Å². The van der Waals surface area contributed by atoms with E-state index in [1.807, 2.05) is 0 Å². The van der Waals surface area contributed by atoms with Gasteiger partial charge in [-0.25, -0.2) is 0 Å². The SMILES string of the molecule is COc1ccc(CN2C(=O)c3ccccc3C(C(=O)O)C2CCl)c(OC)c1. The molecule has 1 heterocycles. The van der Waals surface area contributed by atoms with Crippen molar-refractivity contribution < 1.29 is 24.2 Å². The number of carboxylic acids is 1. The van der Waals surface area contributed by atoms with Gasteiger partial charge in [0, 0.05) is 23.1 Å². The van der Waals surface area contributed by atoms with Gasteiger partial charge in [0.25, 0.3) is 5.91 Å². The maximum atomic E-state index is 13.1. The molecular formula is C20H20ClNO5. The molecule has 1 amide bonds. The number of fused-ring (bicyclic) bond motifs is 1. The van der Waals surface area contributed by atoms with Crippen LogP contribution in [0.1, 0.15) is 27.4 Å². The molecule has 0 radical (unpaired) electrons. The zero-order valence-electron chi connectivity index (χ0n) is 15.0. The molecule has 0 spiro atoms. The van der Waals surface area contributed by atoms with Crippen LogP contribution in [0.5, 0.6) is 11.5 Å². The minimum Gasteiger partial charge on any atom is -0.497 e. The van der Waals surface area contributed by atoms with E-state index in [1.165, 1.54) is 12.0 Å². The molecule has 0 aromatic heterocycles. The molecule has 7 heteroatoms. The third kappa shape index (κ3) is 3.45. The molecule has 2 aromatic carbocycles. The molecule has 0 saturated heterocycles. The Morgan fingerprint density at radius 2 is 1.93 bits per heavy atom. The fraction of sp³-hybridized carbons (Fsp3) is 0.300. The predicted octanol–water partition coefficient (Wildman–Crippen LogP) is 3.14. The van der Waals surface area contributed by atoms with Crippen molar-refractivity contribution in [2.45, 2.75) is 18.5 Å².